The zero-order chi connectivity index (χ0) is 16.7. The van der Waals surface area contributed by atoms with Crippen molar-refractivity contribution in [3.05, 3.63) is 11.9 Å². The number of imide groups is 1. The molecule has 1 aromatic heterocycles. The summed E-state index contributed by atoms with van der Waals surface area (Å²) in [7, 11) is 0. The Bertz CT molecular complexity index is 537. The van der Waals surface area contributed by atoms with Crippen molar-refractivity contribution in [3.63, 3.8) is 0 Å². The molecule has 1 atom stereocenters. The van der Waals surface area contributed by atoms with Gasteiger partial charge in [-0.1, -0.05) is 12.1 Å². The molecule has 128 valence electrons. The first-order valence-electron chi connectivity index (χ1n) is 7.56. The van der Waals surface area contributed by atoms with Crippen molar-refractivity contribution in [3.8, 4) is 0 Å². The Morgan fingerprint density at radius 1 is 1.26 bits per heavy atom. The zero-order valence-electron chi connectivity index (χ0n) is 13.1. The van der Waals surface area contributed by atoms with E-state index in [0.717, 1.165) is 0 Å². The Kier molecular flexibility index (Phi) is 6.60. The first-order valence-corrected chi connectivity index (χ1v) is 7.56. The summed E-state index contributed by atoms with van der Waals surface area (Å²) < 4.78 is 23.9. The van der Waals surface area contributed by atoms with E-state index in [-0.39, 0.29) is 43.9 Å². The molecule has 1 aliphatic rings. The third-order valence-corrected chi connectivity index (χ3v) is 3.45. The van der Waals surface area contributed by atoms with Gasteiger partial charge in [0.05, 0.1) is 45.7 Å². The summed E-state index contributed by atoms with van der Waals surface area (Å²) in [5, 5.41) is 7.79. The number of rotatable bonds is 10. The van der Waals surface area contributed by atoms with Crippen LogP contribution in [-0.2, 0) is 32.2 Å². The topological polar surface area (TPSA) is 86.6 Å². The van der Waals surface area contributed by atoms with Gasteiger partial charge in [0.1, 0.15) is 12.4 Å². The predicted molar refractivity (Wildman–Crippen MR) is 77.0 cm³/mol. The number of carbonyl (C=O) groups excluding carboxylic acids is 2. The highest BCUT2D eigenvalue weighted by Gasteiger charge is 2.34. The van der Waals surface area contributed by atoms with Gasteiger partial charge in [-0.3, -0.25) is 14.5 Å². The van der Waals surface area contributed by atoms with E-state index in [1.54, 1.807) is 17.8 Å². The van der Waals surface area contributed by atoms with E-state index in [4.69, 9.17) is 9.47 Å². The Balaban J connectivity index is 1.60. The Morgan fingerprint density at radius 3 is 2.74 bits per heavy atom. The molecule has 2 rings (SSSR count). The van der Waals surface area contributed by atoms with E-state index in [2.05, 4.69) is 10.3 Å². The molecule has 0 radical (unpaired) electrons. The van der Waals surface area contributed by atoms with Crippen molar-refractivity contribution < 1.29 is 23.5 Å². The highest BCUT2D eigenvalue weighted by Crippen LogP contribution is 2.17. The molecule has 8 nitrogen and oxygen atoms in total. The summed E-state index contributed by atoms with van der Waals surface area (Å²) >= 11 is 0. The third-order valence-electron chi connectivity index (χ3n) is 3.45. The largest absolute Gasteiger partial charge is 0.378 e. The van der Waals surface area contributed by atoms with Crippen LogP contribution in [0.15, 0.2) is 6.20 Å². The van der Waals surface area contributed by atoms with E-state index in [1.165, 1.54) is 4.90 Å². The van der Waals surface area contributed by atoms with Gasteiger partial charge < -0.3 is 9.47 Å². The molecule has 1 aromatic rings. The third kappa shape index (κ3) is 5.07. The highest BCUT2D eigenvalue weighted by atomic mass is 18.2. The molecular formula is C14H21FN4O4. The molecule has 0 spiro atoms. The van der Waals surface area contributed by atoms with Gasteiger partial charge in [-0.2, -0.15) is 0 Å². The van der Waals surface area contributed by atoms with Gasteiger partial charge in [0.2, 0.25) is 11.8 Å². The van der Waals surface area contributed by atoms with E-state index < -0.39 is 6.67 Å². The van der Waals surface area contributed by atoms with Crippen LogP contribution in [-0.4, -0.2) is 64.7 Å². The fourth-order valence-corrected chi connectivity index (χ4v) is 2.24. The smallest absolute Gasteiger partial charge is 0.232 e. The number of carbonyl (C=O) groups is 2. The fraction of sp³-hybridized carbons (Fsp3) is 0.714. The number of ether oxygens (including phenoxy) is 2. The van der Waals surface area contributed by atoms with Crippen LogP contribution < -0.4 is 0 Å². The van der Waals surface area contributed by atoms with E-state index >= 15 is 0 Å². The van der Waals surface area contributed by atoms with Gasteiger partial charge >= 0.3 is 0 Å². The summed E-state index contributed by atoms with van der Waals surface area (Å²) in [5.74, 6) is -0.497. The molecule has 23 heavy (non-hydrogen) atoms. The first kappa shape index (κ1) is 17.5. The van der Waals surface area contributed by atoms with Crippen molar-refractivity contribution in [2.45, 2.75) is 26.5 Å². The molecule has 1 aliphatic heterocycles. The van der Waals surface area contributed by atoms with Gasteiger partial charge in [0.25, 0.3) is 0 Å². The molecule has 0 aromatic carbocycles. The fourth-order valence-electron chi connectivity index (χ4n) is 2.24. The standard InChI is InChI=1S/C14H21FN4O4/c1-11-8-13(20)19(14(11)21)4-7-22-6-3-18-9-12(16-17-18)10-23-5-2-15/h9,11H,2-8,10H2,1H3/i15-1. The van der Waals surface area contributed by atoms with Gasteiger partial charge in [-0.05, 0) is 0 Å². The van der Waals surface area contributed by atoms with Gasteiger partial charge in [-0.25, -0.2) is 9.07 Å². The number of aromatic nitrogens is 3. The summed E-state index contributed by atoms with van der Waals surface area (Å²) in [5.41, 5.74) is 0.626. The average Bonchev–Trinajstić information content (AvgIpc) is 3.06. The van der Waals surface area contributed by atoms with Crippen molar-refractivity contribution in [2.75, 3.05) is 33.0 Å². The minimum atomic E-state index is -0.525. The van der Waals surface area contributed by atoms with E-state index in [0.29, 0.717) is 25.5 Å². The van der Waals surface area contributed by atoms with Gasteiger partial charge in [-0.15, -0.1) is 5.10 Å². The van der Waals surface area contributed by atoms with E-state index in [1.807, 2.05) is 0 Å². The summed E-state index contributed by atoms with van der Waals surface area (Å²) in [4.78, 5) is 24.5. The number of amides is 2. The lowest BCUT2D eigenvalue weighted by Crippen LogP contribution is -2.33. The minimum Gasteiger partial charge on any atom is -0.378 e. The van der Waals surface area contributed by atoms with Crippen molar-refractivity contribution in [1.82, 2.24) is 19.9 Å². The molecular weight excluding hydrogens is 306 g/mol. The number of alkyl halides is 1. The maximum absolute atomic E-state index is 11.9. The van der Waals surface area contributed by atoms with Crippen LogP contribution in [0.5, 0.6) is 0 Å². The molecule has 9 heteroatoms. The van der Waals surface area contributed by atoms with Crippen LogP contribution in [0, 0.1) is 5.92 Å². The van der Waals surface area contributed by atoms with Crippen LogP contribution in [0.2, 0.25) is 0 Å². The molecule has 1 saturated heterocycles. The Morgan fingerprint density at radius 2 is 2.04 bits per heavy atom. The molecule has 1 fully saturated rings. The van der Waals surface area contributed by atoms with Crippen LogP contribution in [0.25, 0.3) is 0 Å². The number of hydrogen-bond donors (Lipinski definition) is 0. The molecule has 2 amide bonds. The van der Waals surface area contributed by atoms with Gasteiger partial charge in [0, 0.05) is 12.3 Å². The van der Waals surface area contributed by atoms with Crippen molar-refractivity contribution >= 4 is 11.8 Å². The maximum Gasteiger partial charge on any atom is 0.232 e. The molecule has 0 N–H and O–H groups in total. The predicted octanol–water partition coefficient (Wildman–Crippen LogP) is 0.176. The molecule has 0 aliphatic carbocycles. The Hall–Kier alpha value is -1.87. The minimum absolute atomic E-state index is 0.0442. The highest BCUT2D eigenvalue weighted by molar-refractivity contribution is 6.03. The second kappa shape index (κ2) is 8.68. The lowest BCUT2D eigenvalue weighted by Gasteiger charge is -2.14. The molecule has 0 bridgehead atoms. The summed E-state index contributed by atoms with van der Waals surface area (Å²) in [6.45, 7) is 2.95. The second-order valence-corrected chi connectivity index (χ2v) is 5.32. The Labute approximate surface area is 133 Å². The van der Waals surface area contributed by atoms with Crippen LogP contribution >= 0.6 is 0 Å². The number of nitrogens with zero attached hydrogens (tertiary/aromatic N) is 4. The quantitative estimate of drug-likeness (QED) is 0.450. The SMILES string of the molecule is CC1CC(=O)N(CCOCCn2cc(COCC[18F])nn2)C1=O. The summed E-state index contributed by atoms with van der Waals surface area (Å²) in [6.07, 6.45) is 1.99. The number of halogens is 1. The van der Waals surface area contributed by atoms with Crippen LogP contribution in [0.4, 0.5) is 4.39 Å². The molecule has 0 saturated carbocycles. The van der Waals surface area contributed by atoms with Gasteiger partial charge in [0.15, 0.2) is 0 Å². The average molecular weight is 327 g/mol. The van der Waals surface area contributed by atoms with Crippen molar-refractivity contribution in [2.24, 2.45) is 5.92 Å². The molecule has 1 unspecified atom stereocenters. The lowest BCUT2D eigenvalue weighted by molar-refractivity contribution is -0.140. The van der Waals surface area contributed by atoms with Crippen LogP contribution in [0.1, 0.15) is 19.0 Å². The molecule has 2 heterocycles. The summed E-state index contributed by atoms with van der Waals surface area (Å²) in [6, 6.07) is 0. The normalized spacial score (nSPS) is 18.2. The number of hydrogen-bond acceptors (Lipinski definition) is 6. The lowest BCUT2D eigenvalue weighted by atomic mass is 10.1. The van der Waals surface area contributed by atoms with Crippen molar-refractivity contribution in [1.29, 1.82) is 0 Å². The maximum atomic E-state index is 11.9. The second-order valence-electron chi connectivity index (χ2n) is 5.32. The number of likely N-dealkylation sites (tertiary alicyclic amines) is 1. The first-order chi connectivity index (χ1) is 11.1. The van der Waals surface area contributed by atoms with Crippen LogP contribution in [0.3, 0.4) is 0 Å². The zero-order valence-corrected chi connectivity index (χ0v) is 13.1. The van der Waals surface area contributed by atoms with E-state index in [9.17, 15) is 14.0 Å². The monoisotopic (exact) mass is 327 g/mol.